The molecule has 1 aromatic carbocycles. The summed E-state index contributed by atoms with van der Waals surface area (Å²) in [7, 11) is 0. The monoisotopic (exact) mass is 250 g/mol. The van der Waals surface area contributed by atoms with Crippen LogP contribution in [-0.2, 0) is 11.2 Å². The van der Waals surface area contributed by atoms with Crippen LogP contribution in [0.4, 0.5) is 8.78 Å². The molecule has 1 heterocycles. The second-order valence-corrected chi connectivity index (χ2v) is 3.55. The zero-order valence-corrected chi connectivity index (χ0v) is 9.10. The van der Waals surface area contributed by atoms with Gasteiger partial charge in [-0.3, -0.25) is 4.79 Å². The van der Waals surface area contributed by atoms with Gasteiger partial charge in [0.2, 0.25) is 0 Å². The van der Waals surface area contributed by atoms with Crippen molar-refractivity contribution in [3.63, 3.8) is 0 Å². The van der Waals surface area contributed by atoms with Gasteiger partial charge < -0.3 is 5.11 Å². The van der Waals surface area contributed by atoms with Crippen molar-refractivity contribution in [1.82, 2.24) is 9.97 Å². The summed E-state index contributed by atoms with van der Waals surface area (Å²) in [6.45, 7) is 0. The topological polar surface area (TPSA) is 63.1 Å². The van der Waals surface area contributed by atoms with Crippen LogP contribution in [-0.4, -0.2) is 21.0 Å². The highest BCUT2D eigenvalue weighted by molar-refractivity contribution is 5.69. The number of carboxylic acids is 1. The quantitative estimate of drug-likeness (QED) is 0.905. The number of nitrogens with zero attached hydrogens (tertiary/aromatic N) is 2. The molecule has 0 bridgehead atoms. The molecule has 0 aliphatic carbocycles. The average molecular weight is 250 g/mol. The van der Waals surface area contributed by atoms with Crippen LogP contribution in [0.2, 0.25) is 0 Å². The fourth-order valence-electron chi connectivity index (χ4n) is 1.46. The lowest BCUT2D eigenvalue weighted by Gasteiger charge is -2.04. The van der Waals surface area contributed by atoms with Gasteiger partial charge in [-0.2, -0.15) is 0 Å². The highest BCUT2D eigenvalue weighted by atomic mass is 19.1. The van der Waals surface area contributed by atoms with E-state index in [0.717, 1.165) is 18.2 Å². The first-order valence-electron chi connectivity index (χ1n) is 5.05. The zero-order valence-electron chi connectivity index (χ0n) is 9.10. The van der Waals surface area contributed by atoms with E-state index in [1.54, 1.807) is 0 Å². The van der Waals surface area contributed by atoms with Crippen LogP contribution in [0.1, 0.15) is 5.82 Å². The Hall–Kier alpha value is -2.37. The van der Waals surface area contributed by atoms with Gasteiger partial charge in [0.1, 0.15) is 23.9 Å². The summed E-state index contributed by atoms with van der Waals surface area (Å²) in [5, 5.41) is 8.61. The molecule has 2 rings (SSSR count). The van der Waals surface area contributed by atoms with E-state index in [9.17, 15) is 13.6 Å². The van der Waals surface area contributed by atoms with Crippen molar-refractivity contribution < 1.29 is 18.7 Å². The third kappa shape index (κ3) is 2.65. The first kappa shape index (κ1) is 12.1. The minimum atomic E-state index is -1.09. The molecule has 0 saturated carbocycles. The highest BCUT2D eigenvalue weighted by Gasteiger charge is 2.10. The maximum absolute atomic E-state index is 13.5. The van der Waals surface area contributed by atoms with Crippen LogP contribution >= 0.6 is 0 Å². The Bertz CT molecular complexity index is 602. The van der Waals surface area contributed by atoms with Gasteiger partial charge in [-0.05, 0) is 24.3 Å². The van der Waals surface area contributed by atoms with Crippen molar-refractivity contribution in [3.05, 3.63) is 47.9 Å². The number of benzene rings is 1. The van der Waals surface area contributed by atoms with E-state index in [1.807, 2.05) is 0 Å². The van der Waals surface area contributed by atoms with Gasteiger partial charge in [0.15, 0.2) is 0 Å². The van der Waals surface area contributed by atoms with Crippen LogP contribution in [0.5, 0.6) is 0 Å². The Labute approximate surface area is 101 Å². The van der Waals surface area contributed by atoms with Crippen molar-refractivity contribution in [1.29, 1.82) is 0 Å². The molecule has 0 aliphatic heterocycles. The summed E-state index contributed by atoms with van der Waals surface area (Å²) in [5.74, 6) is -2.27. The number of carboxylic acid groups (broad SMARTS) is 1. The molecule has 92 valence electrons. The Morgan fingerprint density at radius 1 is 1.28 bits per heavy atom. The normalized spacial score (nSPS) is 10.3. The molecule has 4 nitrogen and oxygen atoms in total. The molecule has 0 radical (unpaired) electrons. The van der Waals surface area contributed by atoms with Gasteiger partial charge in [0, 0.05) is 11.8 Å². The molecular formula is C12H8F2N2O2. The molecule has 0 atom stereocenters. The molecular weight excluding hydrogens is 242 g/mol. The molecule has 1 aromatic heterocycles. The van der Waals surface area contributed by atoms with E-state index in [4.69, 9.17) is 5.11 Å². The molecule has 0 unspecified atom stereocenters. The second-order valence-electron chi connectivity index (χ2n) is 3.55. The van der Waals surface area contributed by atoms with Crippen molar-refractivity contribution in [2.24, 2.45) is 0 Å². The van der Waals surface area contributed by atoms with Crippen molar-refractivity contribution >= 4 is 5.97 Å². The number of halogens is 2. The summed E-state index contributed by atoms with van der Waals surface area (Å²) in [6.07, 6.45) is 0.940. The lowest BCUT2D eigenvalue weighted by atomic mass is 10.1. The molecule has 18 heavy (non-hydrogen) atoms. The minimum absolute atomic E-state index is 0.0240. The van der Waals surface area contributed by atoms with Crippen LogP contribution < -0.4 is 0 Å². The van der Waals surface area contributed by atoms with Crippen molar-refractivity contribution in [2.75, 3.05) is 0 Å². The number of rotatable bonds is 3. The summed E-state index contributed by atoms with van der Waals surface area (Å²) in [4.78, 5) is 18.2. The van der Waals surface area contributed by atoms with E-state index in [2.05, 4.69) is 9.97 Å². The minimum Gasteiger partial charge on any atom is -0.481 e. The third-order valence-corrected chi connectivity index (χ3v) is 2.22. The van der Waals surface area contributed by atoms with Gasteiger partial charge in [-0.15, -0.1) is 0 Å². The van der Waals surface area contributed by atoms with Crippen molar-refractivity contribution in [2.45, 2.75) is 6.42 Å². The summed E-state index contributed by atoms with van der Waals surface area (Å²) >= 11 is 0. The predicted octanol–water partition coefficient (Wildman–Crippen LogP) is 2.05. The SMILES string of the molecule is O=C(O)Cc1nccc(-c2cc(F)ccc2F)n1. The van der Waals surface area contributed by atoms with Crippen molar-refractivity contribution in [3.8, 4) is 11.3 Å². The zero-order chi connectivity index (χ0) is 13.1. The Kier molecular flexibility index (Phi) is 3.27. The molecule has 0 saturated heterocycles. The van der Waals surface area contributed by atoms with E-state index >= 15 is 0 Å². The number of hydrogen-bond donors (Lipinski definition) is 1. The molecule has 6 heteroatoms. The van der Waals surface area contributed by atoms with E-state index in [-0.39, 0.29) is 23.5 Å². The highest BCUT2D eigenvalue weighted by Crippen LogP contribution is 2.21. The Morgan fingerprint density at radius 2 is 2.06 bits per heavy atom. The van der Waals surface area contributed by atoms with Gasteiger partial charge in [0.05, 0.1) is 5.69 Å². The van der Waals surface area contributed by atoms with Gasteiger partial charge in [0.25, 0.3) is 0 Å². The van der Waals surface area contributed by atoms with Crippen LogP contribution in [0.25, 0.3) is 11.3 Å². The predicted molar refractivity (Wildman–Crippen MR) is 58.7 cm³/mol. The van der Waals surface area contributed by atoms with Crippen LogP contribution in [0.3, 0.4) is 0 Å². The lowest BCUT2D eigenvalue weighted by molar-refractivity contribution is -0.136. The Balaban J connectivity index is 2.44. The standard InChI is InChI=1S/C12H8F2N2O2/c13-7-1-2-9(14)8(5-7)10-3-4-15-11(16-10)6-12(17)18/h1-5H,6H2,(H,17,18). The summed E-state index contributed by atoms with van der Waals surface area (Å²) in [6, 6.07) is 4.38. The number of hydrogen-bond acceptors (Lipinski definition) is 3. The van der Waals surface area contributed by atoms with E-state index in [1.165, 1.54) is 12.3 Å². The van der Waals surface area contributed by atoms with Gasteiger partial charge in [-0.1, -0.05) is 0 Å². The van der Waals surface area contributed by atoms with Crippen LogP contribution in [0.15, 0.2) is 30.5 Å². The maximum atomic E-state index is 13.5. The molecule has 0 amide bonds. The first-order chi connectivity index (χ1) is 8.56. The maximum Gasteiger partial charge on any atom is 0.311 e. The van der Waals surface area contributed by atoms with Gasteiger partial charge >= 0.3 is 5.97 Å². The fraction of sp³-hybridized carbons (Fsp3) is 0.0833. The lowest BCUT2D eigenvalue weighted by Crippen LogP contribution is -2.05. The average Bonchev–Trinajstić information content (AvgIpc) is 2.32. The number of aliphatic carboxylic acids is 1. The third-order valence-electron chi connectivity index (χ3n) is 2.22. The van der Waals surface area contributed by atoms with E-state index < -0.39 is 17.6 Å². The number of carbonyl (C=O) groups is 1. The smallest absolute Gasteiger partial charge is 0.311 e. The largest absolute Gasteiger partial charge is 0.481 e. The Morgan fingerprint density at radius 3 is 2.78 bits per heavy atom. The molecule has 0 fully saturated rings. The summed E-state index contributed by atoms with van der Waals surface area (Å²) < 4.78 is 26.5. The molecule has 0 spiro atoms. The molecule has 0 aliphatic rings. The molecule has 1 N–H and O–H groups in total. The molecule has 2 aromatic rings. The van der Waals surface area contributed by atoms with Gasteiger partial charge in [-0.25, -0.2) is 18.7 Å². The first-order valence-corrected chi connectivity index (χ1v) is 5.05. The van der Waals surface area contributed by atoms with Crippen LogP contribution in [0, 0.1) is 11.6 Å². The second kappa shape index (κ2) is 4.87. The summed E-state index contributed by atoms with van der Waals surface area (Å²) in [5.41, 5.74) is 0.127. The van der Waals surface area contributed by atoms with E-state index in [0.29, 0.717) is 0 Å². The number of aromatic nitrogens is 2. The fourth-order valence-corrected chi connectivity index (χ4v) is 1.46.